The Morgan fingerprint density at radius 1 is 1.12 bits per heavy atom. The molecule has 0 aromatic rings. The minimum atomic E-state index is -1.40. The largest absolute Gasteiger partial charge is 0.474 e. The number of carboxylic acid groups (broad SMARTS) is 1. The van der Waals surface area contributed by atoms with Gasteiger partial charge in [-0.2, -0.15) is 0 Å². The first-order chi connectivity index (χ1) is 7.11. The summed E-state index contributed by atoms with van der Waals surface area (Å²) < 4.78 is 0. The van der Waals surface area contributed by atoms with E-state index >= 15 is 0 Å². The van der Waals surface area contributed by atoms with Crippen LogP contribution in [0.3, 0.4) is 0 Å². The molecule has 0 radical (unpaired) electrons. The number of carbonyl (C=O) groups is 2. The van der Waals surface area contributed by atoms with Crippen LogP contribution in [0.4, 0.5) is 0 Å². The van der Waals surface area contributed by atoms with E-state index in [9.17, 15) is 9.59 Å². The zero-order valence-corrected chi connectivity index (χ0v) is 10.5. The molecule has 0 unspecified atom stereocenters. The van der Waals surface area contributed by atoms with E-state index in [1.807, 2.05) is 0 Å². The molecule has 1 amide bonds. The molecule has 1 aliphatic carbocycles. The summed E-state index contributed by atoms with van der Waals surface area (Å²) in [6.07, 6.45) is 2.78. The highest BCUT2D eigenvalue weighted by atomic mass is 16.4. The maximum absolute atomic E-state index is 11.1. The Kier molecular flexibility index (Phi) is 3.31. The Morgan fingerprint density at radius 3 is 1.94 bits per heavy atom. The van der Waals surface area contributed by atoms with E-state index < -0.39 is 11.9 Å². The first kappa shape index (κ1) is 13.0. The number of nitrogens with one attached hydrogen (secondary N) is 1. The van der Waals surface area contributed by atoms with Gasteiger partial charge in [0.25, 0.3) is 0 Å². The Labute approximate surface area is 96.4 Å². The molecule has 1 saturated carbocycles. The van der Waals surface area contributed by atoms with Crippen molar-refractivity contribution in [1.82, 2.24) is 5.32 Å². The standard InChI is InChI=1S/C12H21NO3/c1-11(2)5-8(6-12(3,4)7-11)13-9(14)10(15)16/h8H,5-7H2,1-4H3,(H,13,14)(H,15,16). The van der Waals surface area contributed by atoms with E-state index in [1.54, 1.807) is 0 Å². The van der Waals surface area contributed by atoms with Gasteiger partial charge in [0.1, 0.15) is 0 Å². The third-order valence-electron chi connectivity index (χ3n) is 3.08. The fraction of sp³-hybridized carbons (Fsp3) is 0.833. The summed E-state index contributed by atoms with van der Waals surface area (Å²) in [7, 11) is 0. The van der Waals surface area contributed by atoms with E-state index in [4.69, 9.17) is 5.11 Å². The van der Waals surface area contributed by atoms with Crippen molar-refractivity contribution >= 4 is 11.9 Å². The lowest BCUT2D eigenvalue weighted by atomic mass is 9.63. The Hall–Kier alpha value is -1.06. The van der Waals surface area contributed by atoms with Crippen LogP contribution in [-0.2, 0) is 9.59 Å². The summed E-state index contributed by atoms with van der Waals surface area (Å²) in [5.41, 5.74) is 0.302. The molecule has 0 saturated heterocycles. The van der Waals surface area contributed by atoms with Gasteiger partial charge in [-0.25, -0.2) is 4.79 Å². The topological polar surface area (TPSA) is 66.4 Å². The van der Waals surface area contributed by atoms with E-state index in [1.165, 1.54) is 0 Å². The maximum atomic E-state index is 11.1. The zero-order chi connectivity index (χ0) is 12.6. The van der Waals surface area contributed by atoms with Gasteiger partial charge < -0.3 is 10.4 Å². The second kappa shape index (κ2) is 4.07. The van der Waals surface area contributed by atoms with E-state index in [-0.39, 0.29) is 16.9 Å². The quantitative estimate of drug-likeness (QED) is 0.671. The lowest BCUT2D eigenvalue weighted by molar-refractivity contribution is -0.151. The number of carboxylic acids is 1. The van der Waals surface area contributed by atoms with Gasteiger partial charge in [-0.05, 0) is 30.1 Å². The highest BCUT2D eigenvalue weighted by Gasteiger charge is 2.39. The van der Waals surface area contributed by atoms with Crippen molar-refractivity contribution < 1.29 is 14.7 Å². The van der Waals surface area contributed by atoms with Crippen molar-refractivity contribution in [3.05, 3.63) is 0 Å². The molecule has 92 valence electrons. The lowest BCUT2D eigenvalue weighted by Crippen LogP contribution is -2.47. The van der Waals surface area contributed by atoms with Crippen LogP contribution in [0.25, 0.3) is 0 Å². The monoisotopic (exact) mass is 227 g/mol. The van der Waals surface area contributed by atoms with E-state index in [0.29, 0.717) is 0 Å². The van der Waals surface area contributed by atoms with Crippen molar-refractivity contribution in [2.75, 3.05) is 0 Å². The Bertz CT molecular complexity index is 291. The molecule has 1 rings (SSSR count). The molecule has 0 aromatic heterocycles. The molecule has 0 aromatic carbocycles. The van der Waals surface area contributed by atoms with Gasteiger partial charge in [-0.3, -0.25) is 4.79 Å². The van der Waals surface area contributed by atoms with Gasteiger partial charge in [0.2, 0.25) is 0 Å². The normalized spacial score (nSPS) is 23.8. The van der Waals surface area contributed by atoms with Crippen LogP contribution in [0, 0.1) is 10.8 Å². The molecular formula is C12H21NO3. The second-order valence-corrected chi connectivity index (χ2v) is 6.39. The number of hydrogen-bond donors (Lipinski definition) is 2. The number of hydrogen-bond acceptors (Lipinski definition) is 2. The molecule has 0 aliphatic heterocycles. The molecule has 0 spiro atoms. The molecule has 0 atom stereocenters. The van der Waals surface area contributed by atoms with Crippen molar-refractivity contribution in [3.63, 3.8) is 0 Å². The summed E-state index contributed by atoms with van der Waals surface area (Å²) in [6, 6.07) is -0.0256. The number of aliphatic carboxylic acids is 1. The fourth-order valence-electron chi connectivity index (χ4n) is 3.20. The molecule has 1 aliphatic rings. The molecule has 16 heavy (non-hydrogen) atoms. The van der Waals surface area contributed by atoms with Gasteiger partial charge in [0, 0.05) is 6.04 Å². The minimum Gasteiger partial charge on any atom is -0.474 e. The van der Waals surface area contributed by atoms with Crippen molar-refractivity contribution in [3.8, 4) is 0 Å². The molecular weight excluding hydrogens is 206 g/mol. The van der Waals surface area contributed by atoms with Gasteiger partial charge in [-0.15, -0.1) is 0 Å². The maximum Gasteiger partial charge on any atom is 0.394 e. The Morgan fingerprint density at radius 2 is 1.56 bits per heavy atom. The average Bonchev–Trinajstić information content (AvgIpc) is 1.96. The van der Waals surface area contributed by atoms with E-state index in [0.717, 1.165) is 19.3 Å². The number of carbonyl (C=O) groups excluding carboxylic acids is 1. The third kappa shape index (κ3) is 3.51. The van der Waals surface area contributed by atoms with Crippen molar-refractivity contribution in [2.45, 2.75) is 53.0 Å². The minimum absolute atomic E-state index is 0.0256. The predicted octanol–water partition coefficient (Wildman–Crippen LogP) is 1.79. The molecule has 1 fully saturated rings. The summed E-state index contributed by atoms with van der Waals surface area (Å²) in [5, 5.41) is 11.2. The fourth-order valence-corrected chi connectivity index (χ4v) is 3.20. The zero-order valence-electron chi connectivity index (χ0n) is 10.5. The highest BCUT2D eigenvalue weighted by molar-refractivity contribution is 6.31. The van der Waals surface area contributed by atoms with Gasteiger partial charge in [-0.1, -0.05) is 27.7 Å². The van der Waals surface area contributed by atoms with Gasteiger partial charge in [0.15, 0.2) is 0 Å². The Balaban J connectivity index is 2.68. The predicted molar refractivity (Wildman–Crippen MR) is 61.0 cm³/mol. The highest BCUT2D eigenvalue weighted by Crippen LogP contribution is 2.45. The van der Waals surface area contributed by atoms with Crippen LogP contribution < -0.4 is 5.32 Å². The van der Waals surface area contributed by atoms with Gasteiger partial charge >= 0.3 is 11.9 Å². The summed E-state index contributed by atoms with van der Waals surface area (Å²) >= 11 is 0. The van der Waals surface area contributed by atoms with Crippen LogP contribution in [0.1, 0.15) is 47.0 Å². The lowest BCUT2D eigenvalue weighted by Gasteiger charge is -2.44. The summed E-state index contributed by atoms with van der Waals surface area (Å²) in [4.78, 5) is 21.6. The smallest absolute Gasteiger partial charge is 0.394 e. The molecule has 4 heteroatoms. The van der Waals surface area contributed by atoms with Crippen LogP contribution >= 0.6 is 0 Å². The van der Waals surface area contributed by atoms with Crippen LogP contribution in [-0.4, -0.2) is 23.0 Å². The van der Waals surface area contributed by atoms with Gasteiger partial charge in [0.05, 0.1) is 0 Å². The van der Waals surface area contributed by atoms with E-state index in [2.05, 4.69) is 33.0 Å². The molecule has 0 heterocycles. The van der Waals surface area contributed by atoms with Crippen LogP contribution in [0.5, 0.6) is 0 Å². The van der Waals surface area contributed by atoms with Crippen molar-refractivity contribution in [2.24, 2.45) is 10.8 Å². The van der Waals surface area contributed by atoms with Crippen molar-refractivity contribution in [1.29, 1.82) is 0 Å². The SMILES string of the molecule is CC1(C)CC(NC(=O)C(=O)O)CC(C)(C)C1. The second-order valence-electron chi connectivity index (χ2n) is 6.39. The number of amides is 1. The number of rotatable bonds is 1. The first-order valence-electron chi connectivity index (χ1n) is 5.65. The van der Waals surface area contributed by atoms with Crippen LogP contribution in [0.15, 0.2) is 0 Å². The third-order valence-corrected chi connectivity index (χ3v) is 3.08. The summed E-state index contributed by atoms with van der Waals surface area (Å²) in [6.45, 7) is 8.64. The first-order valence-corrected chi connectivity index (χ1v) is 5.65. The molecule has 0 bridgehead atoms. The summed E-state index contributed by atoms with van der Waals surface area (Å²) in [5.74, 6) is -2.29. The molecule has 4 nitrogen and oxygen atoms in total. The average molecular weight is 227 g/mol. The molecule has 2 N–H and O–H groups in total. The van der Waals surface area contributed by atoms with Crippen LogP contribution in [0.2, 0.25) is 0 Å².